The van der Waals surface area contributed by atoms with Crippen molar-refractivity contribution in [2.75, 3.05) is 0 Å². The van der Waals surface area contributed by atoms with Crippen molar-refractivity contribution in [2.45, 2.75) is 5.92 Å². The highest BCUT2D eigenvalue weighted by Crippen LogP contribution is 2.23. The Morgan fingerprint density at radius 2 is 1.90 bits per heavy atom. The van der Waals surface area contributed by atoms with E-state index >= 15 is 0 Å². The van der Waals surface area contributed by atoms with Crippen molar-refractivity contribution in [3.05, 3.63) is 70.2 Å². The van der Waals surface area contributed by atoms with Crippen molar-refractivity contribution in [3.63, 3.8) is 0 Å². The third kappa shape index (κ3) is 2.84. The molecule has 0 spiro atoms. The van der Waals surface area contributed by atoms with Gasteiger partial charge in [-0.05, 0) is 35.9 Å². The maximum atomic E-state index is 13.1. The molecule has 100 valence electrons. The van der Waals surface area contributed by atoms with Crippen LogP contribution in [0.2, 0.25) is 5.02 Å². The zero-order valence-corrected chi connectivity index (χ0v) is 10.9. The fourth-order valence-electron chi connectivity index (χ4n) is 1.79. The maximum Gasteiger partial charge on any atom is 0.184 e. The summed E-state index contributed by atoms with van der Waals surface area (Å²) in [5, 5.41) is 9.53. The monoisotopic (exact) mass is 291 g/mol. The van der Waals surface area contributed by atoms with Crippen molar-refractivity contribution >= 4 is 17.4 Å². The zero-order valence-electron chi connectivity index (χ0n) is 10.1. The highest BCUT2D eigenvalue weighted by Gasteiger charge is 2.22. The topological polar surface area (TPSA) is 40.9 Å². The Balaban J connectivity index is 2.39. The Kier molecular flexibility index (Phi) is 4.11. The number of benzene rings is 2. The molecule has 0 fully saturated rings. The van der Waals surface area contributed by atoms with Crippen LogP contribution in [0.3, 0.4) is 0 Å². The first-order chi connectivity index (χ1) is 9.52. The molecule has 0 saturated heterocycles. The van der Waals surface area contributed by atoms with Crippen molar-refractivity contribution in [1.82, 2.24) is 0 Å². The first-order valence-electron chi connectivity index (χ1n) is 5.67. The van der Waals surface area contributed by atoms with Gasteiger partial charge in [-0.15, -0.1) is 0 Å². The highest BCUT2D eigenvalue weighted by molar-refractivity contribution is 6.30. The minimum Gasteiger partial charge on any atom is -0.292 e. The first-order valence-corrected chi connectivity index (χ1v) is 6.05. The van der Waals surface area contributed by atoms with E-state index in [1.165, 1.54) is 6.07 Å². The number of rotatable bonds is 3. The number of nitriles is 1. The molecule has 20 heavy (non-hydrogen) atoms. The number of hydrogen-bond donors (Lipinski definition) is 0. The molecule has 2 aromatic rings. The van der Waals surface area contributed by atoms with Crippen LogP contribution >= 0.6 is 11.6 Å². The summed E-state index contributed by atoms with van der Waals surface area (Å²) in [6.07, 6.45) is 0. The van der Waals surface area contributed by atoms with Gasteiger partial charge in [0.15, 0.2) is 17.4 Å². The van der Waals surface area contributed by atoms with Crippen molar-refractivity contribution in [3.8, 4) is 6.07 Å². The highest BCUT2D eigenvalue weighted by atomic mass is 35.5. The molecule has 0 radical (unpaired) electrons. The standard InChI is InChI=1S/C15H8ClF2NO/c16-11-3-1-2-9(6-11)12(8-19)15(20)10-4-5-13(17)14(18)7-10/h1-7,12H. The SMILES string of the molecule is N#CC(C(=O)c1ccc(F)c(F)c1)c1cccc(Cl)c1. The molecule has 0 aliphatic rings. The number of Topliss-reactive ketones (excluding diaryl/α,β-unsaturated/α-hetero) is 1. The molecule has 2 rings (SSSR count). The maximum absolute atomic E-state index is 13.1. The van der Waals surface area contributed by atoms with E-state index in [1.54, 1.807) is 18.2 Å². The van der Waals surface area contributed by atoms with Crippen LogP contribution in [-0.4, -0.2) is 5.78 Å². The lowest BCUT2D eigenvalue weighted by Gasteiger charge is -2.09. The molecule has 0 N–H and O–H groups in total. The summed E-state index contributed by atoms with van der Waals surface area (Å²) < 4.78 is 26.0. The molecular formula is C15H8ClF2NO. The summed E-state index contributed by atoms with van der Waals surface area (Å²) in [6, 6.07) is 10.9. The van der Waals surface area contributed by atoms with Crippen LogP contribution in [0.4, 0.5) is 8.78 Å². The predicted octanol–water partition coefficient (Wildman–Crippen LogP) is 4.11. The number of carbonyl (C=O) groups is 1. The van der Waals surface area contributed by atoms with Crippen LogP contribution in [0, 0.1) is 23.0 Å². The van der Waals surface area contributed by atoms with Crippen molar-refractivity contribution in [2.24, 2.45) is 0 Å². The van der Waals surface area contributed by atoms with Crippen LogP contribution in [0.15, 0.2) is 42.5 Å². The Hall–Kier alpha value is -2.25. The lowest BCUT2D eigenvalue weighted by atomic mass is 9.92. The average molecular weight is 292 g/mol. The van der Waals surface area contributed by atoms with Gasteiger partial charge in [0, 0.05) is 10.6 Å². The molecule has 0 amide bonds. The summed E-state index contributed by atoms with van der Waals surface area (Å²) in [6.45, 7) is 0. The van der Waals surface area contributed by atoms with Crippen LogP contribution < -0.4 is 0 Å². The van der Waals surface area contributed by atoms with E-state index in [1.807, 2.05) is 6.07 Å². The van der Waals surface area contributed by atoms with Gasteiger partial charge in [0.25, 0.3) is 0 Å². The number of nitrogens with zero attached hydrogens (tertiary/aromatic N) is 1. The van der Waals surface area contributed by atoms with Crippen molar-refractivity contribution < 1.29 is 13.6 Å². The van der Waals surface area contributed by atoms with Gasteiger partial charge >= 0.3 is 0 Å². The fraction of sp³-hybridized carbons (Fsp3) is 0.0667. The number of hydrogen-bond acceptors (Lipinski definition) is 2. The van der Waals surface area contributed by atoms with Gasteiger partial charge in [0.1, 0.15) is 5.92 Å². The normalized spacial score (nSPS) is 11.7. The van der Waals surface area contributed by atoms with Gasteiger partial charge < -0.3 is 0 Å². The van der Waals surface area contributed by atoms with E-state index < -0.39 is 23.3 Å². The summed E-state index contributed by atoms with van der Waals surface area (Å²) >= 11 is 5.81. The summed E-state index contributed by atoms with van der Waals surface area (Å²) in [4.78, 5) is 12.2. The van der Waals surface area contributed by atoms with Crippen LogP contribution in [-0.2, 0) is 0 Å². The van der Waals surface area contributed by atoms with E-state index in [0.29, 0.717) is 10.6 Å². The molecule has 0 aliphatic heterocycles. The summed E-state index contributed by atoms with van der Waals surface area (Å²) in [5.74, 6) is -3.89. The lowest BCUT2D eigenvalue weighted by Crippen LogP contribution is -2.11. The van der Waals surface area contributed by atoms with E-state index in [-0.39, 0.29) is 5.56 Å². The molecular weight excluding hydrogens is 284 g/mol. The minimum absolute atomic E-state index is 0.0598. The number of halogens is 3. The van der Waals surface area contributed by atoms with E-state index in [2.05, 4.69) is 0 Å². The van der Waals surface area contributed by atoms with E-state index in [4.69, 9.17) is 16.9 Å². The first kappa shape index (κ1) is 14.2. The molecule has 0 saturated carbocycles. The number of ketones is 1. The second-order valence-electron chi connectivity index (χ2n) is 4.11. The molecule has 2 aromatic carbocycles. The second-order valence-corrected chi connectivity index (χ2v) is 4.55. The summed E-state index contributed by atoms with van der Waals surface area (Å²) in [5.41, 5.74) is 0.352. The molecule has 5 heteroatoms. The Morgan fingerprint density at radius 1 is 1.15 bits per heavy atom. The third-order valence-electron chi connectivity index (χ3n) is 2.78. The quantitative estimate of drug-likeness (QED) is 0.799. The molecule has 1 atom stereocenters. The Labute approximate surface area is 119 Å². The fourth-order valence-corrected chi connectivity index (χ4v) is 1.99. The molecule has 0 bridgehead atoms. The second kappa shape index (κ2) is 5.81. The van der Waals surface area contributed by atoms with Crippen LogP contribution in [0.25, 0.3) is 0 Å². The largest absolute Gasteiger partial charge is 0.292 e. The molecule has 0 aliphatic carbocycles. The van der Waals surface area contributed by atoms with Gasteiger partial charge in [-0.1, -0.05) is 23.7 Å². The molecule has 0 aromatic heterocycles. The third-order valence-corrected chi connectivity index (χ3v) is 3.01. The van der Waals surface area contributed by atoms with Gasteiger partial charge in [-0.3, -0.25) is 4.79 Å². The number of carbonyl (C=O) groups excluding carboxylic acids is 1. The zero-order chi connectivity index (χ0) is 14.7. The Morgan fingerprint density at radius 3 is 2.50 bits per heavy atom. The average Bonchev–Trinajstić information content (AvgIpc) is 2.42. The van der Waals surface area contributed by atoms with Gasteiger partial charge in [0.2, 0.25) is 0 Å². The molecule has 1 unspecified atom stereocenters. The lowest BCUT2D eigenvalue weighted by molar-refractivity contribution is 0.0978. The summed E-state index contributed by atoms with van der Waals surface area (Å²) in [7, 11) is 0. The van der Waals surface area contributed by atoms with Gasteiger partial charge in [-0.2, -0.15) is 5.26 Å². The van der Waals surface area contributed by atoms with Gasteiger partial charge in [-0.25, -0.2) is 8.78 Å². The predicted molar refractivity (Wildman–Crippen MR) is 70.5 cm³/mol. The van der Waals surface area contributed by atoms with E-state index in [0.717, 1.165) is 18.2 Å². The minimum atomic E-state index is -1.13. The van der Waals surface area contributed by atoms with E-state index in [9.17, 15) is 13.6 Å². The van der Waals surface area contributed by atoms with Crippen LogP contribution in [0.1, 0.15) is 21.8 Å². The van der Waals surface area contributed by atoms with Crippen LogP contribution in [0.5, 0.6) is 0 Å². The molecule has 2 nitrogen and oxygen atoms in total. The Bertz CT molecular complexity index is 709. The molecule has 0 heterocycles. The van der Waals surface area contributed by atoms with Crippen molar-refractivity contribution in [1.29, 1.82) is 5.26 Å². The smallest absolute Gasteiger partial charge is 0.184 e. The van der Waals surface area contributed by atoms with Gasteiger partial charge in [0.05, 0.1) is 6.07 Å².